The molecule has 2 N–H and O–H groups in total. The zero-order valence-electron chi connectivity index (χ0n) is 25.6. The first-order valence-corrected chi connectivity index (χ1v) is 18.0. The van der Waals surface area contributed by atoms with Gasteiger partial charge >= 0.3 is 0 Å². The molecule has 44 heavy (non-hydrogen) atoms. The second-order valence-corrected chi connectivity index (χ2v) is 14.9. The Hall–Kier alpha value is -2.06. The van der Waals surface area contributed by atoms with Gasteiger partial charge in [-0.25, -0.2) is 0 Å². The lowest BCUT2D eigenvalue weighted by molar-refractivity contribution is -0.0600. The molecule has 2 aromatic heterocycles. The number of halogens is 2. The van der Waals surface area contributed by atoms with Crippen molar-refractivity contribution in [3.63, 3.8) is 0 Å². The van der Waals surface area contributed by atoms with E-state index in [0.717, 1.165) is 22.9 Å². The van der Waals surface area contributed by atoms with E-state index in [-0.39, 0.29) is 0 Å². The molecule has 2 aromatic carbocycles. The number of benzene rings is 2. The third kappa shape index (κ3) is 4.66. The van der Waals surface area contributed by atoms with Crippen molar-refractivity contribution >= 4 is 45.0 Å². The smallest absolute Gasteiger partial charge is 0.0628 e. The fourth-order valence-corrected chi connectivity index (χ4v) is 10.2. The molecule has 6 aliphatic heterocycles. The molecule has 6 nitrogen and oxygen atoms in total. The van der Waals surface area contributed by atoms with Crippen molar-refractivity contribution in [3.05, 3.63) is 69.0 Å². The Balaban J connectivity index is 0.000000123. The molecule has 0 unspecified atom stereocenters. The number of H-pyrrole nitrogens is 2. The molecule has 232 valence electrons. The van der Waals surface area contributed by atoms with Crippen LogP contribution in [0.5, 0.6) is 0 Å². The van der Waals surface area contributed by atoms with Crippen molar-refractivity contribution in [2.24, 2.45) is 0 Å². The van der Waals surface area contributed by atoms with Gasteiger partial charge in [0.15, 0.2) is 0 Å². The molecule has 0 amide bonds. The molecule has 10 rings (SSSR count). The van der Waals surface area contributed by atoms with Gasteiger partial charge in [0.2, 0.25) is 0 Å². The van der Waals surface area contributed by atoms with Gasteiger partial charge in [0.05, 0.1) is 24.4 Å². The van der Waals surface area contributed by atoms with Crippen LogP contribution in [-0.4, -0.2) is 81.2 Å². The Labute approximate surface area is 270 Å². The standard InChI is InChI=1S/2C18H22ClN3/c2*19-12-4-5-15-14(11-12)13-6-10-22-16(18(13)20-15)7-9-21-8-2-1-3-17(21)22/h2*4-5,11,16-17,20H,1-3,6-10H2/t2*16-,17-/m10/s1. The Morgan fingerprint density at radius 2 is 1.02 bits per heavy atom. The molecule has 0 bridgehead atoms. The summed E-state index contributed by atoms with van der Waals surface area (Å²) in [5.41, 5.74) is 8.47. The van der Waals surface area contributed by atoms with Crippen LogP contribution in [0.4, 0.5) is 0 Å². The Kier molecular flexibility index (Phi) is 7.25. The van der Waals surface area contributed by atoms with Gasteiger partial charge in [0.25, 0.3) is 0 Å². The number of nitrogens with one attached hydrogen (secondary N) is 2. The summed E-state index contributed by atoms with van der Waals surface area (Å²) in [6.07, 6.45) is 14.4. The van der Waals surface area contributed by atoms with Crippen molar-refractivity contribution in [2.75, 3.05) is 39.3 Å². The van der Waals surface area contributed by atoms with E-state index >= 15 is 0 Å². The van der Waals surface area contributed by atoms with Crippen LogP contribution in [0.15, 0.2) is 36.4 Å². The molecule has 8 heterocycles. The molecule has 0 aliphatic carbocycles. The summed E-state index contributed by atoms with van der Waals surface area (Å²) in [4.78, 5) is 18.4. The number of hydrogen-bond acceptors (Lipinski definition) is 4. The van der Waals surface area contributed by atoms with E-state index in [1.54, 1.807) is 0 Å². The number of nitrogens with zero attached hydrogens (tertiary/aromatic N) is 4. The molecule has 0 radical (unpaired) electrons. The van der Waals surface area contributed by atoms with E-state index in [9.17, 15) is 0 Å². The number of hydrogen-bond donors (Lipinski definition) is 2. The van der Waals surface area contributed by atoms with Crippen molar-refractivity contribution in [2.45, 2.75) is 88.6 Å². The average molecular weight is 632 g/mol. The fourth-order valence-electron chi connectivity index (χ4n) is 9.84. The van der Waals surface area contributed by atoms with Crippen molar-refractivity contribution in [3.8, 4) is 0 Å². The summed E-state index contributed by atoms with van der Waals surface area (Å²) >= 11 is 12.4. The number of aromatic amines is 2. The van der Waals surface area contributed by atoms with E-state index < -0.39 is 0 Å². The lowest BCUT2D eigenvalue weighted by atomic mass is 9.90. The molecular weight excluding hydrogens is 587 g/mol. The predicted molar refractivity (Wildman–Crippen MR) is 181 cm³/mol. The first-order valence-electron chi connectivity index (χ1n) is 17.2. The topological polar surface area (TPSA) is 44.5 Å². The first kappa shape index (κ1) is 28.2. The van der Waals surface area contributed by atoms with Crippen LogP contribution in [-0.2, 0) is 12.8 Å². The minimum absolute atomic E-state index is 0.578. The molecule has 8 heteroatoms. The van der Waals surface area contributed by atoms with E-state index in [0.29, 0.717) is 24.4 Å². The van der Waals surface area contributed by atoms with Crippen LogP contribution < -0.4 is 0 Å². The Morgan fingerprint density at radius 3 is 1.50 bits per heavy atom. The summed E-state index contributed by atoms with van der Waals surface area (Å²) in [6, 6.07) is 13.7. The zero-order valence-corrected chi connectivity index (χ0v) is 27.1. The second-order valence-electron chi connectivity index (χ2n) is 14.0. The van der Waals surface area contributed by atoms with Gasteiger partial charge in [-0.3, -0.25) is 19.6 Å². The van der Waals surface area contributed by atoms with Gasteiger partial charge in [-0.05, 0) is 125 Å². The maximum atomic E-state index is 6.22. The molecular formula is C36H44Cl2N6. The lowest BCUT2D eigenvalue weighted by Crippen LogP contribution is -2.58. The van der Waals surface area contributed by atoms with E-state index in [1.165, 1.54) is 135 Å². The average Bonchev–Trinajstić information content (AvgIpc) is 3.62. The minimum atomic E-state index is 0.578. The highest BCUT2D eigenvalue weighted by Crippen LogP contribution is 2.44. The number of piperidine rings is 2. The highest BCUT2D eigenvalue weighted by Gasteiger charge is 2.42. The van der Waals surface area contributed by atoms with Crippen LogP contribution in [0.2, 0.25) is 10.0 Å². The van der Waals surface area contributed by atoms with Crippen molar-refractivity contribution in [1.82, 2.24) is 29.6 Å². The van der Waals surface area contributed by atoms with Crippen LogP contribution >= 0.6 is 23.2 Å². The van der Waals surface area contributed by atoms with E-state index in [4.69, 9.17) is 23.2 Å². The normalized spacial score (nSPS) is 29.1. The van der Waals surface area contributed by atoms with Gasteiger partial charge in [0.1, 0.15) is 0 Å². The lowest BCUT2D eigenvalue weighted by Gasteiger charge is -2.52. The monoisotopic (exact) mass is 630 g/mol. The molecule has 4 atom stereocenters. The van der Waals surface area contributed by atoms with Gasteiger partial charge in [-0.1, -0.05) is 23.2 Å². The maximum absolute atomic E-state index is 6.22. The molecule has 4 saturated heterocycles. The van der Waals surface area contributed by atoms with Crippen LogP contribution in [0.25, 0.3) is 21.8 Å². The first-order chi connectivity index (χ1) is 21.6. The quantitative estimate of drug-likeness (QED) is 0.207. The highest BCUT2D eigenvalue weighted by molar-refractivity contribution is 6.31. The molecule has 0 spiro atoms. The van der Waals surface area contributed by atoms with Crippen LogP contribution in [0, 0.1) is 0 Å². The van der Waals surface area contributed by atoms with E-state index in [1.807, 2.05) is 12.1 Å². The van der Waals surface area contributed by atoms with Gasteiger partial charge < -0.3 is 9.97 Å². The number of aromatic nitrogens is 2. The minimum Gasteiger partial charge on any atom is -0.357 e. The van der Waals surface area contributed by atoms with Crippen LogP contribution in [0.3, 0.4) is 0 Å². The molecule has 4 fully saturated rings. The van der Waals surface area contributed by atoms with Gasteiger partial charge in [-0.2, -0.15) is 0 Å². The summed E-state index contributed by atoms with van der Waals surface area (Å²) in [5, 5.41) is 4.37. The van der Waals surface area contributed by atoms with E-state index in [2.05, 4.69) is 53.8 Å². The van der Waals surface area contributed by atoms with Crippen molar-refractivity contribution < 1.29 is 0 Å². The Morgan fingerprint density at radius 1 is 0.545 bits per heavy atom. The summed E-state index contributed by atoms with van der Waals surface area (Å²) < 4.78 is 0. The van der Waals surface area contributed by atoms with Gasteiger partial charge in [-0.15, -0.1) is 0 Å². The number of rotatable bonds is 0. The second kappa shape index (κ2) is 11.3. The summed E-state index contributed by atoms with van der Waals surface area (Å²) in [6.45, 7) is 7.48. The third-order valence-electron chi connectivity index (χ3n) is 11.8. The molecule has 4 aromatic rings. The molecule has 6 aliphatic rings. The predicted octanol–water partition coefficient (Wildman–Crippen LogP) is 7.87. The zero-order chi connectivity index (χ0) is 29.4. The maximum Gasteiger partial charge on any atom is 0.0628 e. The summed E-state index contributed by atoms with van der Waals surface area (Å²) in [7, 11) is 0. The van der Waals surface area contributed by atoms with Gasteiger partial charge in [0, 0.05) is 69.4 Å². The largest absolute Gasteiger partial charge is 0.357 e. The van der Waals surface area contributed by atoms with Crippen LogP contribution in [0.1, 0.15) is 86.0 Å². The highest BCUT2D eigenvalue weighted by atomic mass is 35.5. The molecule has 0 saturated carbocycles. The van der Waals surface area contributed by atoms with Crippen molar-refractivity contribution in [1.29, 1.82) is 0 Å². The Bertz CT molecular complexity index is 1570. The fraction of sp³-hybridized carbons (Fsp3) is 0.556. The third-order valence-corrected chi connectivity index (χ3v) is 12.3. The number of fused-ring (bicyclic) bond motifs is 14. The summed E-state index contributed by atoms with van der Waals surface area (Å²) in [5.74, 6) is 0. The SMILES string of the molecule is Clc1ccc2[nH]c3c(c2c1)CCN1[C@@H]3CCN2CCCC[C@H]21.Clc1ccc2[nH]c3c(c2c1)CCN1[C@H]3CCN2CCCC[C@@H]21.